The van der Waals surface area contributed by atoms with E-state index in [2.05, 4.69) is 31.0 Å². The molecule has 0 unspecified atom stereocenters. The van der Waals surface area contributed by atoms with Crippen LogP contribution in [0.2, 0.25) is 0 Å². The fourth-order valence-corrected chi connectivity index (χ4v) is 3.32. The van der Waals surface area contributed by atoms with Gasteiger partial charge in [0.2, 0.25) is 0 Å². The van der Waals surface area contributed by atoms with Crippen molar-refractivity contribution in [1.82, 2.24) is 4.98 Å². The second-order valence-corrected chi connectivity index (χ2v) is 6.65. The number of fused-ring (bicyclic) bond motifs is 1. The average Bonchev–Trinajstić information content (AvgIpc) is 2.53. The predicted octanol–water partition coefficient (Wildman–Crippen LogP) is 4.08. The van der Waals surface area contributed by atoms with Gasteiger partial charge in [-0.25, -0.2) is 4.79 Å². The van der Waals surface area contributed by atoms with Crippen LogP contribution in [-0.2, 0) is 9.47 Å². The SMILES string of the molecule is CCOC(=O)c1ccnc2ccc([C@@H]3CCOC(C)(C)C3)cc12. The van der Waals surface area contributed by atoms with E-state index >= 15 is 0 Å². The molecule has 3 rings (SSSR count). The van der Waals surface area contributed by atoms with E-state index in [9.17, 15) is 4.79 Å². The summed E-state index contributed by atoms with van der Waals surface area (Å²) >= 11 is 0. The number of pyridine rings is 1. The van der Waals surface area contributed by atoms with Gasteiger partial charge in [0, 0.05) is 18.2 Å². The summed E-state index contributed by atoms with van der Waals surface area (Å²) in [5.74, 6) is 0.155. The van der Waals surface area contributed by atoms with Gasteiger partial charge in [-0.1, -0.05) is 6.07 Å². The van der Waals surface area contributed by atoms with E-state index in [1.165, 1.54) is 5.56 Å². The monoisotopic (exact) mass is 313 g/mol. The Labute approximate surface area is 136 Å². The Morgan fingerprint density at radius 3 is 2.96 bits per heavy atom. The first kappa shape index (κ1) is 15.9. The zero-order valence-corrected chi connectivity index (χ0v) is 14.0. The molecule has 0 amide bonds. The highest BCUT2D eigenvalue weighted by molar-refractivity contribution is 6.03. The molecular formula is C19H23NO3. The lowest BCUT2D eigenvalue weighted by Crippen LogP contribution is -2.32. The van der Waals surface area contributed by atoms with Gasteiger partial charge in [0.15, 0.2) is 0 Å². The van der Waals surface area contributed by atoms with E-state index in [0.29, 0.717) is 18.1 Å². The number of benzene rings is 1. The van der Waals surface area contributed by atoms with Crippen molar-refractivity contribution in [2.75, 3.05) is 13.2 Å². The Bertz CT molecular complexity index is 724. The first-order chi connectivity index (χ1) is 11.0. The lowest BCUT2D eigenvalue weighted by molar-refractivity contribution is -0.0592. The number of aromatic nitrogens is 1. The lowest BCUT2D eigenvalue weighted by atomic mass is 9.83. The van der Waals surface area contributed by atoms with Crippen LogP contribution in [-0.4, -0.2) is 29.8 Å². The molecule has 23 heavy (non-hydrogen) atoms. The molecule has 2 heterocycles. The van der Waals surface area contributed by atoms with Crippen molar-refractivity contribution >= 4 is 16.9 Å². The third-order valence-electron chi connectivity index (χ3n) is 4.43. The number of hydrogen-bond acceptors (Lipinski definition) is 4. The smallest absolute Gasteiger partial charge is 0.338 e. The molecule has 1 aromatic heterocycles. The van der Waals surface area contributed by atoms with Gasteiger partial charge < -0.3 is 9.47 Å². The molecule has 4 heteroatoms. The highest BCUT2D eigenvalue weighted by atomic mass is 16.5. The van der Waals surface area contributed by atoms with Gasteiger partial charge in [-0.2, -0.15) is 0 Å². The van der Waals surface area contributed by atoms with E-state index in [4.69, 9.17) is 9.47 Å². The molecule has 122 valence electrons. The zero-order chi connectivity index (χ0) is 16.4. The molecule has 0 bridgehead atoms. The molecule has 2 aromatic rings. The summed E-state index contributed by atoms with van der Waals surface area (Å²) in [4.78, 5) is 16.5. The Hall–Kier alpha value is -1.94. The van der Waals surface area contributed by atoms with Crippen molar-refractivity contribution in [2.24, 2.45) is 0 Å². The summed E-state index contributed by atoms with van der Waals surface area (Å²) in [5.41, 5.74) is 2.56. The van der Waals surface area contributed by atoms with Crippen LogP contribution in [0.15, 0.2) is 30.5 Å². The van der Waals surface area contributed by atoms with Crippen LogP contribution in [0.1, 0.15) is 55.5 Å². The van der Waals surface area contributed by atoms with E-state index in [1.54, 1.807) is 12.3 Å². The van der Waals surface area contributed by atoms with Crippen LogP contribution in [0, 0.1) is 0 Å². The highest BCUT2D eigenvalue weighted by Crippen LogP contribution is 2.36. The summed E-state index contributed by atoms with van der Waals surface area (Å²) in [6.45, 7) is 7.22. The molecule has 0 aliphatic carbocycles. The Morgan fingerprint density at radius 1 is 1.39 bits per heavy atom. The molecule has 0 N–H and O–H groups in total. The van der Waals surface area contributed by atoms with Crippen LogP contribution < -0.4 is 0 Å². The van der Waals surface area contributed by atoms with Gasteiger partial charge in [0.05, 0.1) is 23.3 Å². The topological polar surface area (TPSA) is 48.4 Å². The summed E-state index contributed by atoms with van der Waals surface area (Å²) < 4.78 is 11.0. The van der Waals surface area contributed by atoms with Crippen molar-refractivity contribution < 1.29 is 14.3 Å². The Kier molecular flexibility index (Phi) is 4.35. The molecule has 1 atom stereocenters. The molecule has 1 fully saturated rings. The first-order valence-corrected chi connectivity index (χ1v) is 8.20. The summed E-state index contributed by atoms with van der Waals surface area (Å²) in [6.07, 6.45) is 3.64. The van der Waals surface area contributed by atoms with E-state index < -0.39 is 0 Å². The number of carbonyl (C=O) groups is 1. The van der Waals surface area contributed by atoms with E-state index in [1.807, 2.05) is 13.0 Å². The predicted molar refractivity (Wildman–Crippen MR) is 89.7 cm³/mol. The van der Waals surface area contributed by atoms with Crippen molar-refractivity contribution in [3.05, 3.63) is 41.6 Å². The molecule has 1 aromatic carbocycles. The summed E-state index contributed by atoms with van der Waals surface area (Å²) in [7, 11) is 0. The molecule has 0 radical (unpaired) electrons. The van der Waals surface area contributed by atoms with Crippen LogP contribution in [0.4, 0.5) is 0 Å². The normalized spacial score (nSPS) is 20.4. The number of carbonyl (C=O) groups excluding carboxylic acids is 1. The zero-order valence-electron chi connectivity index (χ0n) is 14.0. The van der Waals surface area contributed by atoms with E-state index in [-0.39, 0.29) is 11.6 Å². The van der Waals surface area contributed by atoms with E-state index in [0.717, 1.165) is 30.4 Å². The van der Waals surface area contributed by atoms with Gasteiger partial charge in [0.25, 0.3) is 0 Å². The van der Waals surface area contributed by atoms with Crippen LogP contribution in [0.3, 0.4) is 0 Å². The minimum absolute atomic E-state index is 0.100. The molecule has 1 aliphatic heterocycles. The minimum Gasteiger partial charge on any atom is -0.462 e. The van der Waals surface area contributed by atoms with Gasteiger partial charge in [0.1, 0.15) is 0 Å². The largest absolute Gasteiger partial charge is 0.462 e. The second kappa shape index (κ2) is 6.28. The summed E-state index contributed by atoms with van der Waals surface area (Å²) in [5, 5.41) is 0.868. The van der Waals surface area contributed by atoms with Gasteiger partial charge in [-0.05, 0) is 63.3 Å². The number of nitrogens with zero attached hydrogens (tertiary/aromatic N) is 1. The fraction of sp³-hybridized carbons (Fsp3) is 0.474. The van der Waals surface area contributed by atoms with Crippen molar-refractivity contribution in [3.63, 3.8) is 0 Å². The Balaban J connectivity index is 2.00. The number of rotatable bonds is 3. The number of esters is 1. The molecule has 1 aliphatic rings. The number of ether oxygens (including phenoxy) is 2. The highest BCUT2D eigenvalue weighted by Gasteiger charge is 2.30. The van der Waals surface area contributed by atoms with Crippen LogP contribution in [0.5, 0.6) is 0 Å². The first-order valence-electron chi connectivity index (χ1n) is 8.20. The van der Waals surface area contributed by atoms with Crippen LogP contribution in [0.25, 0.3) is 10.9 Å². The minimum atomic E-state index is -0.288. The Morgan fingerprint density at radius 2 is 2.22 bits per heavy atom. The fourth-order valence-electron chi connectivity index (χ4n) is 3.32. The number of hydrogen-bond donors (Lipinski definition) is 0. The van der Waals surface area contributed by atoms with Crippen molar-refractivity contribution in [1.29, 1.82) is 0 Å². The third-order valence-corrected chi connectivity index (χ3v) is 4.43. The quantitative estimate of drug-likeness (QED) is 0.801. The van der Waals surface area contributed by atoms with Gasteiger partial charge in [-0.3, -0.25) is 4.98 Å². The summed E-state index contributed by atoms with van der Waals surface area (Å²) in [6, 6.07) is 7.95. The van der Waals surface area contributed by atoms with Gasteiger partial charge >= 0.3 is 5.97 Å². The van der Waals surface area contributed by atoms with Gasteiger partial charge in [-0.15, -0.1) is 0 Å². The lowest BCUT2D eigenvalue weighted by Gasteiger charge is -2.35. The maximum atomic E-state index is 12.2. The maximum Gasteiger partial charge on any atom is 0.338 e. The second-order valence-electron chi connectivity index (χ2n) is 6.65. The average molecular weight is 313 g/mol. The van der Waals surface area contributed by atoms with Crippen LogP contribution >= 0.6 is 0 Å². The third kappa shape index (κ3) is 3.37. The molecule has 1 saturated heterocycles. The molecule has 0 saturated carbocycles. The standard InChI is InChI=1S/C19H23NO3/c1-4-22-18(21)15-7-9-20-17-6-5-13(11-16(15)17)14-8-10-23-19(2,3)12-14/h5-7,9,11,14H,4,8,10,12H2,1-3H3/t14-/m1/s1. The molecular weight excluding hydrogens is 290 g/mol. The van der Waals surface area contributed by atoms with Crippen molar-refractivity contribution in [3.8, 4) is 0 Å². The molecule has 0 spiro atoms. The van der Waals surface area contributed by atoms with Crippen molar-refractivity contribution in [2.45, 2.75) is 45.1 Å². The maximum absolute atomic E-state index is 12.2. The molecule has 4 nitrogen and oxygen atoms in total.